The van der Waals surface area contributed by atoms with E-state index in [2.05, 4.69) is 0 Å². The summed E-state index contributed by atoms with van der Waals surface area (Å²) in [5.41, 5.74) is 0. The Morgan fingerprint density at radius 1 is 1.57 bits per heavy atom. The van der Waals surface area contributed by atoms with Gasteiger partial charge in [0.1, 0.15) is 0 Å². The van der Waals surface area contributed by atoms with Crippen molar-refractivity contribution in [2.45, 2.75) is 6.04 Å². The fraction of sp³-hybridized carbons (Fsp3) is 1.00. The molecule has 0 aliphatic carbocycles. The minimum absolute atomic E-state index is 0.0702. The fourth-order valence-corrected chi connectivity index (χ4v) is 2.32. The summed E-state index contributed by atoms with van der Waals surface area (Å²) < 4.78 is 27.6. The van der Waals surface area contributed by atoms with Crippen molar-refractivity contribution in [2.75, 3.05) is 5.75 Å². The van der Waals surface area contributed by atoms with Gasteiger partial charge in [-0.2, -0.15) is 8.42 Å². The van der Waals surface area contributed by atoms with E-state index >= 15 is 0 Å². The average Bonchev–Trinajstić information content (AvgIpc) is 1.30. The van der Waals surface area contributed by atoms with E-state index in [9.17, 15) is 8.42 Å². The third-order valence-electron chi connectivity index (χ3n) is 0.462. The average molecular weight is 140 g/mol. The maximum atomic E-state index is 9.81. The minimum atomic E-state index is -3.64. The lowest BCUT2D eigenvalue weighted by Gasteiger charge is -1.85. The monoisotopic (exact) mass is 140 g/mol. The van der Waals surface area contributed by atoms with E-state index in [0.717, 1.165) is 10.2 Å². The second-order valence-electron chi connectivity index (χ2n) is 1.29. The second-order valence-corrected chi connectivity index (χ2v) is 3.86. The molecule has 5 heteroatoms. The maximum Gasteiger partial charge on any atom is 0.264 e. The normalized spacial score (nSPS) is 12.1. The zero-order valence-corrected chi connectivity index (χ0v) is 6.90. The van der Waals surface area contributed by atoms with Gasteiger partial charge >= 0.3 is 0 Å². The van der Waals surface area contributed by atoms with Crippen molar-refractivity contribution in [3.8, 4) is 0 Å². The van der Waals surface area contributed by atoms with Gasteiger partial charge in [0.2, 0.25) is 0 Å². The van der Waals surface area contributed by atoms with Crippen LogP contribution in [0.1, 0.15) is 0 Å². The van der Waals surface area contributed by atoms with E-state index in [0.29, 0.717) is 6.04 Å². The van der Waals surface area contributed by atoms with Crippen LogP contribution in [0.2, 0.25) is 6.04 Å². The molecule has 1 N–H and O–H groups in total. The highest BCUT2D eigenvalue weighted by atomic mass is 32.2. The molecular formula is C2H8O3SSi. The summed E-state index contributed by atoms with van der Waals surface area (Å²) in [6, 6.07) is 0.610. The Hall–Kier alpha value is 0.127. The lowest BCUT2D eigenvalue weighted by Crippen LogP contribution is -2.01. The molecule has 3 nitrogen and oxygen atoms in total. The number of rotatable bonds is 2. The minimum Gasteiger partial charge on any atom is -0.286 e. The Bertz CT molecular complexity index is 126. The first-order valence-corrected chi connectivity index (χ1v) is 5.04. The van der Waals surface area contributed by atoms with E-state index in [-0.39, 0.29) is 5.75 Å². The second kappa shape index (κ2) is 2.44. The molecule has 0 rings (SSSR count). The Morgan fingerprint density at radius 2 is 2.00 bits per heavy atom. The van der Waals surface area contributed by atoms with Gasteiger partial charge in [-0.25, -0.2) is 0 Å². The van der Waals surface area contributed by atoms with Gasteiger partial charge in [0, 0.05) is 10.2 Å². The first-order chi connectivity index (χ1) is 3.06. The SMILES string of the molecule is O=S(=O)(O)CC[SiH3]. The van der Waals surface area contributed by atoms with Crippen molar-refractivity contribution >= 4 is 20.4 Å². The molecule has 0 bridgehead atoms. The van der Waals surface area contributed by atoms with Crippen molar-refractivity contribution in [3.63, 3.8) is 0 Å². The van der Waals surface area contributed by atoms with Gasteiger partial charge in [-0.3, -0.25) is 4.55 Å². The summed E-state index contributed by atoms with van der Waals surface area (Å²) in [5, 5.41) is 0. The highest BCUT2D eigenvalue weighted by Crippen LogP contribution is 1.82. The Balaban J connectivity index is 3.60. The molecule has 0 heterocycles. The molecule has 0 aromatic carbocycles. The summed E-state index contributed by atoms with van der Waals surface area (Å²) in [6.07, 6.45) is 0. The molecule has 0 aliphatic rings. The standard InChI is InChI=1S/C2H8O3SSi/c3-6(4,5)1-2-7/h1-2H2,7H3,(H,3,4,5). The molecule has 0 aliphatic heterocycles. The van der Waals surface area contributed by atoms with E-state index in [1.807, 2.05) is 0 Å². The molecule has 0 unspecified atom stereocenters. The van der Waals surface area contributed by atoms with Gasteiger partial charge < -0.3 is 0 Å². The lowest BCUT2D eigenvalue weighted by atomic mass is 11.0. The lowest BCUT2D eigenvalue weighted by molar-refractivity contribution is 0.485. The van der Waals surface area contributed by atoms with Gasteiger partial charge in [-0.1, -0.05) is 0 Å². The van der Waals surface area contributed by atoms with E-state index < -0.39 is 10.1 Å². The quantitative estimate of drug-likeness (QED) is 0.381. The number of hydrogen-bond acceptors (Lipinski definition) is 2. The molecule has 0 amide bonds. The van der Waals surface area contributed by atoms with E-state index in [4.69, 9.17) is 4.55 Å². The van der Waals surface area contributed by atoms with Gasteiger partial charge in [-0.15, -0.1) is 0 Å². The molecule has 44 valence electrons. The van der Waals surface area contributed by atoms with Crippen LogP contribution < -0.4 is 0 Å². The van der Waals surface area contributed by atoms with Gasteiger partial charge in [0.05, 0.1) is 5.75 Å². The molecule has 0 atom stereocenters. The number of hydrogen-bond donors (Lipinski definition) is 1. The molecule has 0 saturated carbocycles. The molecule has 7 heavy (non-hydrogen) atoms. The van der Waals surface area contributed by atoms with Gasteiger partial charge in [0.25, 0.3) is 10.1 Å². The molecule has 0 spiro atoms. The fourth-order valence-electron chi connectivity index (χ4n) is 0.258. The van der Waals surface area contributed by atoms with Crippen molar-refractivity contribution < 1.29 is 13.0 Å². The molecule has 0 aromatic rings. The van der Waals surface area contributed by atoms with Gasteiger partial charge in [-0.05, 0) is 6.04 Å². The Morgan fingerprint density at radius 3 is 2.00 bits per heavy atom. The van der Waals surface area contributed by atoms with Crippen molar-refractivity contribution in [3.05, 3.63) is 0 Å². The molecule has 0 radical (unpaired) electrons. The summed E-state index contributed by atoms with van der Waals surface area (Å²) in [4.78, 5) is 0. The van der Waals surface area contributed by atoms with Crippen LogP contribution in [0, 0.1) is 0 Å². The molecular weight excluding hydrogens is 132 g/mol. The summed E-state index contributed by atoms with van der Waals surface area (Å²) in [5.74, 6) is -0.0702. The smallest absolute Gasteiger partial charge is 0.264 e. The molecule has 0 fully saturated rings. The third-order valence-corrected chi connectivity index (χ3v) is 2.61. The van der Waals surface area contributed by atoms with Gasteiger partial charge in [0.15, 0.2) is 0 Å². The Kier molecular flexibility index (Phi) is 2.48. The van der Waals surface area contributed by atoms with Crippen molar-refractivity contribution in [1.82, 2.24) is 0 Å². The highest BCUT2D eigenvalue weighted by Gasteiger charge is 1.98. The summed E-state index contributed by atoms with van der Waals surface area (Å²) >= 11 is 0. The van der Waals surface area contributed by atoms with Crippen LogP contribution in [0.15, 0.2) is 0 Å². The largest absolute Gasteiger partial charge is 0.286 e. The van der Waals surface area contributed by atoms with E-state index in [1.54, 1.807) is 0 Å². The maximum absolute atomic E-state index is 9.81. The van der Waals surface area contributed by atoms with Crippen LogP contribution in [0.3, 0.4) is 0 Å². The van der Waals surface area contributed by atoms with Crippen LogP contribution in [0.5, 0.6) is 0 Å². The van der Waals surface area contributed by atoms with Crippen molar-refractivity contribution in [1.29, 1.82) is 0 Å². The zero-order valence-electron chi connectivity index (χ0n) is 4.09. The van der Waals surface area contributed by atoms with E-state index in [1.165, 1.54) is 0 Å². The summed E-state index contributed by atoms with van der Waals surface area (Å²) in [6.45, 7) is 0. The first kappa shape index (κ1) is 7.13. The molecule has 0 saturated heterocycles. The van der Waals surface area contributed by atoms with Crippen LogP contribution in [-0.4, -0.2) is 29.0 Å². The van der Waals surface area contributed by atoms with Crippen LogP contribution >= 0.6 is 0 Å². The predicted octanol–water partition coefficient (Wildman–Crippen LogP) is -1.34. The van der Waals surface area contributed by atoms with Crippen LogP contribution in [0.25, 0.3) is 0 Å². The Labute approximate surface area is 45.9 Å². The van der Waals surface area contributed by atoms with Crippen LogP contribution in [-0.2, 0) is 10.1 Å². The third kappa shape index (κ3) is 6.13. The zero-order chi connectivity index (χ0) is 5.91. The highest BCUT2D eigenvalue weighted by molar-refractivity contribution is 7.85. The first-order valence-electron chi connectivity index (χ1n) is 2.01. The predicted molar refractivity (Wildman–Crippen MR) is 31.2 cm³/mol. The van der Waals surface area contributed by atoms with Crippen LogP contribution in [0.4, 0.5) is 0 Å². The van der Waals surface area contributed by atoms with Crippen molar-refractivity contribution in [2.24, 2.45) is 0 Å². The summed E-state index contributed by atoms with van der Waals surface area (Å²) in [7, 11) is -2.81. The molecule has 0 aromatic heterocycles. The topological polar surface area (TPSA) is 54.4 Å².